The second-order valence-corrected chi connectivity index (χ2v) is 5.02. The van der Waals surface area contributed by atoms with Crippen LogP contribution in [0.4, 0.5) is 0 Å². The molecule has 2 aromatic rings. The molecule has 1 aliphatic rings. The molecule has 0 spiro atoms. The van der Waals surface area contributed by atoms with Crippen molar-refractivity contribution in [1.29, 1.82) is 0 Å². The predicted octanol–water partition coefficient (Wildman–Crippen LogP) is 2.33. The smallest absolute Gasteiger partial charge is 0.337 e. The number of hydrogen-bond acceptors (Lipinski definition) is 4. The number of carbonyl (C=O) groups is 1. The number of aromatic nitrogens is 2. The second kappa shape index (κ2) is 6.26. The molecule has 0 amide bonds. The molecule has 0 N–H and O–H groups in total. The monoisotopic (exact) mass is 308 g/mol. The van der Waals surface area contributed by atoms with E-state index in [1.165, 1.54) is 7.11 Å². The molecule has 21 heavy (non-hydrogen) atoms. The first-order valence-corrected chi connectivity index (χ1v) is 6.82. The van der Waals surface area contributed by atoms with Crippen LogP contribution in [-0.4, -0.2) is 22.6 Å². The van der Waals surface area contributed by atoms with Crippen LogP contribution in [0.3, 0.4) is 0 Å². The summed E-state index contributed by atoms with van der Waals surface area (Å²) in [6.07, 6.45) is 4.02. The van der Waals surface area contributed by atoms with E-state index in [-0.39, 0.29) is 18.0 Å². The molecule has 0 bridgehead atoms. The summed E-state index contributed by atoms with van der Waals surface area (Å²) in [5.41, 5.74) is 0.974. The van der Waals surface area contributed by atoms with Crippen LogP contribution in [0, 0.1) is 0 Å². The van der Waals surface area contributed by atoms with Crippen molar-refractivity contribution in [3.63, 3.8) is 0 Å². The fraction of sp³-hybridized carbons (Fsp3) is 0.400. The van der Waals surface area contributed by atoms with Crippen LogP contribution in [0.1, 0.15) is 35.4 Å². The number of aryl methyl sites for hydroxylation is 1. The Morgan fingerprint density at radius 1 is 1.29 bits per heavy atom. The lowest BCUT2D eigenvalue weighted by Gasteiger charge is -2.10. The maximum atomic E-state index is 12.6. The minimum atomic E-state index is -0.439. The average Bonchev–Trinajstić information content (AvgIpc) is 2.72. The van der Waals surface area contributed by atoms with E-state index in [2.05, 4.69) is 9.72 Å². The Hall–Kier alpha value is -1.88. The van der Waals surface area contributed by atoms with Crippen molar-refractivity contribution in [2.45, 2.75) is 32.2 Å². The Bertz CT molecular complexity index is 740. The molecule has 112 valence electrons. The van der Waals surface area contributed by atoms with Crippen molar-refractivity contribution >= 4 is 29.3 Å². The summed E-state index contributed by atoms with van der Waals surface area (Å²) < 4.78 is 6.44. The van der Waals surface area contributed by atoms with E-state index in [9.17, 15) is 9.59 Å². The number of nitrogens with zero attached hydrogens (tertiary/aromatic N) is 2. The summed E-state index contributed by atoms with van der Waals surface area (Å²) >= 11 is 0. The summed E-state index contributed by atoms with van der Waals surface area (Å²) in [6, 6.07) is 4.94. The highest BCUT2D eigenvalue weighted by atomic mass is 35.5. The van der Waals surface area contributed by atoms with Gasteiger partial charge in [-0.2, -0.15) is 0 Å². The summed E-state index contributed by atoms with van der Waals surface area (Å²) in [6.45, 7) is 0.708. The summed E-state index contributed by atoms with van der Waals surface area (Å²) in [7, 11) is 1.33. The van der Waals surface area contributed by atoms with Crippen LogP contribution in [0.5, 0.6) is 0 Å². The van der Waals surface area contributed by atoms with E-state index < -0.39 is 5.97 Å². The zero-order valence-electron chi connectivity index (χ0n) is 11.8. The molecule has 2 heterocycles. The molecule has 0 saturated heterocycles. The molecular weight excluding hydrogens is 292 g/mol. The van der Waals surface area contributed by atoms with Gasteiger partial charge in [-0.1, -0.05) is 6.42 Å². The second-order valence-electron chi connectivity index (χ2n) is 5.02. The lowest BCUT2D eigenvalue weighted by atomic mass is 10.1. The SMILES string of the molecule is COC(=O)c1ccc2nc3n(c(=O)c2c1)CCCCC3.Cl. The largest absolute Gasteiger partial charge is 0.465 e. The molecule has 0 unspecified atom stereocenters. The number of ether oxygens (including phenoxy) is 1. The standard InChI is InChI=1S/C15H16N2O3.ClH/c1-20-15(19)10-6-7-12-11(9-10)14(18)17-8-4-2-3-5-13(17)16-12;/h6-7,9H,2-5,8H2,1H3;1H. The number of methoxy groups -OCH3 is 1. The Kier molecular flexibility index (Phi) is 4.63. The molecule has 1 aromatic carbocycles. The van der Waals surface area contributed by atoms with Gasteiger partial charge in [-0.25, -0.2) is 9.78 Å². The highest BCUT2D eigenvalue weighted by molar-refractivity contribution is 5.94. The van der Waals surface area contributed by atoms with E-state index in [0.717, 1.165) is 31.5 Å². The third-order valence-electron chi connectivity index (χ3n) is 3.74. The lowest BCUT2D eigenvalue weighted by molar-refractivity contribution is 0.0601. The Labute approximate surface area is 128 Å². The minimum absolute atomic E-state index is 0. The van der Waals surface area contributed by atoms with E-state index in [4.69, 9.17) is 0 Å². The molecule has 0 aliphatic carbocycles. The third kappa shape index (κ3) is 2.78. The first-order valence-electron chi connectivity index (χ1n) is 6.82. The molecule has 0 atom stereocenters. The van der Waals surface area contributed by atoms with E-state index >= 15 is 0 Å². The molecule has 0 radical (unpaired) electrons. The topological polar surface area (TPSA) is 61.2 Å². The lowest BCUT2D eigenvalue weighted by Crippen LogP contribution is -2.24. The van der Waals surface area contributed by atoms with Gasteiger partial charge in [0, 0.05) is 13.0 Å². The Balaban J connectivity index is 0.00000161. The van der Waals surface area contributed by atoms with Crippen LogP contribution in [0.15, 0.2) is 23.0 Å². The zero-order chi connectivity index (χ0) is 14.1. The maximum absolute atomic E-state index is 12.6. The van der Waals surface area contributed by atoms with Gasteiger partial charge < -0.3 is 4.74 Å². The van der Waals surface area contributed by atoms with Gasteiger partial charge >= 0.3 is 5.97 Å². The van der Waals surface area contributed by atoms with Crippen molar-refractivity contribution in [1.82, 2.24) is 9.55 Å². The first kappa shape index (κ1) is 15.5. The van der Waals surface area contributed by atoms with E-state index in [1.54, 1.807) is 22.8 Å². The fourth-order valence-corrected chi connectivity index (χ4v) is 2.66. The fourth-order valence-electron chi connectivity index (χ4n) is 2.66. The van der Waals surface area contributed by atoms with Crippen LogP contribution in [0.25, 0.3) is 10.9 Å². The van der Waals surface area contributed by atoms with Crippen LogP contribution in [0.2, 0.25) is 0 Å². The number of carbonyl (C=O) groups excluding carboxylic acids is 1. The molecule has 3 rings (SSSR count). The zero-order valence-corrected chi connectivity index (χ0v) is 12.6. The Morgan fingerprint density at radius 3 is 2.86 bits per heavy atom. The van der Waals surface area contributed by atoms with Gasteiger partial charge in [0.2, 0.25) is 0 Å². The normalized spacial score (nSPS) is 14.0. The number of fused-ring (bicyclic) bond motifs is 2. The van der Waals surface area contributed by atoms with Gasteiger partial charge in [0.25, 0.3) is 5.56 Å². The van der Waals surface area contributed by atoms with Crippen molar-refractivity contribution in [2.24, 2.45) is 0 Å². The van der Waals surface area contributed by atoms with Gasteiger partial charge in [-0.05, 0) is 31.0 Å². The van der Waals surface area contributed by atoms with Gasteiger partial charge in [0.1, 0.15) is 5.82 Å². The summed E-state index contributed by atoms with van der Waals surface area (Å²) in [4.78, 5) is 28.7. The number of rotatable bonds is 1. The van der Waals surface area contributed by atoms with Gasteiger partial charge in [0.05, 0.1) is 23.6 Å². The number of halogens is 1. The van der Waals surface area contributed by atoms with Crippen molar-refractivity contribution in [3.8, 4) is 0 Å². The molecule has 6 heteroatoms. The minimum Gasteiger partial charge on any atom is -0.465 e. The quantitative estimate of drug-likeness (QED) is 0.759. The summed E-state index contributed by atoms with van der Waals surface area (Å²) in [5, 5.41) is 0.485. The highest BCUT2D eigenvalue weighted by Gasteiger charge is 2.15. The first-order chi connectivity index (χ1) is 9.70. The number of hydrogen-bond donors (Lipinski definition) is 0. The van der Waals surface area contributed by atoms with Crippen molar-refractivity contribution < 1.29 is 9.53 Å². The van der Waals surface area contributed by atoms with Crippen LogP contribution < -0.4 is 5.56 Å². The third-order valence-corrected chi connectivity index (χ3v) is 3.74. The van der Waals surface area contributed by atoms with Gasteiger partial charge in [0.15, 0.2) is 0 Å². The van der Waals surface area contributed by atoms with Crippen LogP contribution >= 0.6 is 12.4 Å². The van der Waals surface area contributed by atoms with E-state index in [0.29, 0.717) is 23.0 Å². The molecular formula is C15H17ClN2O3. The predicted molar refractivity (Wildman–Crippen MR) is 82.1 cm³/mol. The van der Waals surface area contributed by atoms with Crippen molar-refractivity contribution in [2.75, 3.05) is 7.11 Å². The average molecular weight is 309 g/mol. The number of benzene rings is 1. The molecule has 5 nitrogen and oxygen atoms in total. The van der Waals surface area contributed by atoms with E-state index in [1.807, 2.05) is 0 Å². The highest BCUT2D eigenvalue weighted by Crippen LogP contribution is 2.16. The Morgan fingerprint density at radius 2 is 2.10 bits per heavy atom. The number of esters is 1. The van der Waals surface area contributed by atoms with Gasteiger partial charge in [-0.3, -0.25) is 9.36 Å². The molecule has 1 aromatic heterocycles. The van der Waals surface area contributed by atoms with Gasteiger partial charge in [-0.15, -0.1) is 12.4 Å². The van der Waals surface area contributed by atoms with Crippen LogP contribution in [-0.2, 0) is 17.7 Å². The summed E-state index contributed by atoms with van der Waals surface area (Å²) in [5.74, 6) is 0.414. The molecule has 1 aliphatic heterocycles. The maximum Gasteiger partial charge on any atom is 0.337 e. The van der Waals surface area contributed by atoms with Crippen molar-refractivity contribution in [3.05, 3.63) is 39.9 Å². The molecule has 0 fully saturated rings. The molecule has 0 saturated carbocycles.